The summed E-state index contributed by atoms with van der Waals surface area (Å²) < 4.78 is 27.8. The van der Waals surface area contributed by atoms with E-state index >= 15 is 0 Å². The number of ketones is 1. The van der Waals surface area contributed by atoms with Crippen molar-refractivity contribution in [3.8, 4) is 0 Å². The third-order valence-electron chi connectivity index (χ3n) is 2.81. The van der Waals surface area contributed by atoms with Crippen LogP contribution in [-0.4, -0.2) is 20.5 Å². The van der Waals surface area contributed by atoms with Gasteiger partial charge in [0, 0.05) is 19.0 Å². The number of carbonyl (C=O) groups is 1. The second-order valence-electron chi connectivity index (χ2n) is 4.57. The zero-order valence-corrected chi connectivity index (χ0v) is 11.1. The molecule has 0 unspecified atom stereocenters. The zero-order valence-electron chi connectivity index (χ0n) is 11.1. The Labute approximate surface area is 115 Å². The van der Waals surface area contributed by atoms with E-state index in [4.69, 9.17) is 0 Å². The van der Waals surface area contributed by atoms with Crippen molar-refractivity contribution >= 4 is 5.78 Å². The molecule has 4 nitrogen and oxygen atoms in total. The highest BCUT2D eigenvalue weighted by molar-refractivity contribution is 5.82. The number of rotatable bonds is 6. The van der Waals surface area contributed by atoms with Crippen molar-refractivity contribution in [3.05, 3.63) is 47.5 Å². The molecular weight excluding hydrogens is 264 g/mol. The molecular formula is C14H15F2N3O. The second kappa shape index (κ2) is 6.36. The molecule has 0 spiro atoms. The summed E-state index contributed by atoms with van der Waals surface area (Å²) in [5, 5.41) is 4.03. The van der Waals surface area contributed by atoms with Crippen molar-refractivity contribution in [3.63, 3.8) is 0 Å². The Morgan fingerprint density at radius 2 is 1.90 bits per heavy atom. The predicted molar refractivity (Wildman–Crippen MR) is 69.1 cm³/mol. The highest BCUT2D eigenvalue weighted by atomic mass is 19.1. The number of Topliss-reactive ketones (excluding diaryl/α,β-unsaturated/α-hetero) is 1. The molecule has 0 aliphatic carbocycles. The Morgan fingerprint density at radius 1 is 1.20 bits per heavy atom. The SMILES string of the molecule is CCCn1ncnc1CC(=O)Cc1cc(F)cc(F)c1. The van der Waals surface area contributed by atoms with E-state index in [-0.39, 0.29) is 18.6 Å². The minimum absolute atomic E-state index is 0.0202. The quantitative estimate of drug-likeness (QED) is 0.815. The molecule has 106 valence electrons. The molecule has 0 aliphatic rings. The first-order valence-corrected chi connectivity index (χ1v) is 6.42. The largest absolute Gasteiger partial charge is 0.299 e. The van der Waals surface area contributed by atoms with Gasteiger partial charge in [-0.25, -0.2) is 18.4 Å². The van der Waals surface area contributed by atoms with E-state index in [1.807, 2.05) is 6.92 Å². The van der Waals surface area contributed by atoms with Crippen molar-refractivity contribution in [2.45, 2.75) is 32.7 Å². The molecule has 2 aromatic rings. The first-order chi connectivity index (χ1) is 9.58. The number of hydrogen-bond acceptors (Lipinski definition) is 3. The lowest BCUT2D eigenvalue weighted by atomic mass is 10.1. The van der Waals surface area contributed by atoms with Crippen LogP contribution in [0.15, 0.2) is 24.5 Å². The van der Waals surface area contributed by atoms with Crippen LogP contribution in [0.5, 0.6) is 0 Å². The Hall–Kier alpha value is -2.11. The van der Waals surface area contributed by atoms with E-state index in [0.717, 1.165) is 24.6 Å². The van der Waals surface area contributed by atoms with Crippen LogP contribution >= 0.6 is 0 Å². The molecule has 1 aromatic heterocycles. The average Bonchev–Trinajstić information content (AvgIpc) is 2.75. The fraction of sp³-hybridized carbons (Fsp3) is 0.357. The number of benzene rings is 1. The highest BCUT2D eigenvalue weighted by Gasteiger charge is 2.12. The van der Waals surface area contributed by atoms with Gasteiger partial charge in [-0.2, -0.15) is 5.10 Å². The maximum absolute atomic E-state index is 13.0. The molecule has 2 rings (SSSR count). The molecule has 0 aliphatic heterocycles. The summed E-state index contributed by atoms with van der Waals surface area (Å²) in [7, 11) is 0. The van der Waals surface area contributed by atoms with E-state index in [9.17, 15) is 13.6 Å². The molecule has 0 atom stereocenters. The van der Waals surface area contributed by atoms with Gasteiger partial charge in [0.1, 0.15) is 29.6 Å². The molecule has 1 heterocycles. The maximum atomic E-state index is 13.0. The van der Waals surface area contributed by atoms with Gasteiger partial charge in [-0.1, -0.05) is 6.92 Å². The number of carbonyl (C=O) groups excluding carboxylic acids is 1. The Kier molecular flexibility index (Phi) is 4.55. The van der Waals surface area contributed by atoms with Gasteiger partial charge in [0.05, 0.1) is 6.42 Å². The first-order valence-electron chi connectivity index (χ1n) is 6.42. The maximum Gasteiger partial charge on any atom is 0.144 e. The Morgan fingerprint density at radius 3 is 2.55 bits per heavy atom. The summed E-state index contributed by atoms with van der Waals surface area (Å²) in [5.74, 6) is -0.932. The van der Waals surface area contributed by atoms with Crippen molar-refractivity contribution < 1.29 is 13.6 Å². The Balaban J connectivity index is 2.03. The summed E-state index contributed by atoms with van der Waals surface area (Å²) in [6, 6.07) is 3.11. The minimum atomic E-state index is -0.679. The summed E-state index contributed by atoms with van der Waals surface area (Å²) in [6.07, 6.45) is 2.38. The first kappa shape index (κ1) is 14.3. The van der Waals surface area contributed by atoms with Gasteiger partial charge >= 0.3 is 0 Å². The zero-order chi connectivity index (χ0) is 14.5. The summed E-state index contributed by atoms with van der Waals surface area (Å²) in [6.45, 7) is 2.69. The van der Waals surface area contributed by atoms with E-state index in [0.29, 0.717) is 17.9 Å². The summed E-state index contributed by atoms with van der Waals surface area (Å²) in [4.78, 5) is 16.0. The van der Waals surface area contributed by atoms with Crippen molar-refractivity contribution in [2.24, 2.45) is 0 Å². The fourth-order valence-electron chi connectivity index (χ4n) is 2.00. The van der Waals surface area contributed by atoms with Gasteiger partial charge in [0.25, 0.3) is 0 Å². The van der Waals surface area contributed by atoms with Crippen LogP contribution in [-0.2, 0) is 24.2 Å². The average molecular weight is 279 g/mol. The minimum Gasteiger partial charge on any atom is -0.299 e. The smallest absolute Gasteiger partial charge is 0.144 e. The third kappa shape index (κ3) is 3.69. The molecule has 6 heteroatoms. The monoisotopic (exact) mass is 279 g/mol. The van der Waals surface area contributed by atoms with Crippen LogP contribution in [0.25, 0.3) is 0 Å². The van der Waals surface area contributed by atoms with Crippen LogP contribution in [0.1, 0.15) is 24.7 Å². The molecule has 0 bridgehead atoms. The second-order valence-corrected chi connectivity index (χ2v) is 4.57. The van der Waals surface area contributed by atoms with Crippen LogP contribution in [0.2, 0.25) is 0 Å². The van der Waals surface area contributed by atoms with Gasteiger partial charge in [-0.3, -0.25) is 4.79 Å². The molecule has 0 saturated heterocycles. The van der Waals surface area contributed by atoms with Crippen LogP contribution in [0.4, 0.5) is 8.78 Å². The number of hydrogen-bond donors (Lipinski definition) is 0. The van der Waals surface area contributed by atoms with Gasteiger partial charge in [0.15, 0.2) is 0 Å². The van der Waals surface area contributed by atoms with Crippen LogP contribution in [0.3, 0.4) is 0 Å². The normalized spacial score (nSPS) is 10.8. The molecule has 0 saturated carbocycles. The molecule has 0 amide bonds. The van der Waals surface area contributed by atoms with E-state index in [2.05, 4.69) is 10.1 Å². The van der Waals surface area contributed by atoms with Gasteiger partial charge < -0.3 is 0 Å². The number of nitrogens with zero attached hydrogens (tertiary/aromatic N) is 3. The lowest BCUT2D eigenvalue weighted by Gasteiger charge is -2.04. The third-order valence-corrected chi connectivity index (χ3v) is 2.81. The van der Waals surface area contributed by atoms with E-state index in [1.54, 1.807) is 4.68 Å². The van der Waals surface area contributed by atoms with Gasteiger partial charge in [-0.15, -0.1) is 0 Å². The van der Waals surface area contributed by atoms with E-state index in [1.165, 1.54) is 6.33 Å². The lowest BCUT2D eigenvalue weighted by Crippen LogP contribution is -2.13. The fourth-order valence-corrected chi connectivity index (χ4v) is 2.00. The topological polar surface area (TPSA) is 47.8 Å². The predicted octanol–water partition coefficient (Wildman–Crippen LogP) is 2.32. The van der Waals surface area contributed by atoms with Crippen LogP contribution < -0.4 is 0 Å². The summed E-state index contributed by atoms with van der Waals surface area (Å²) in [5.41, 5.74) is 0.328. The molecule has 1 aromatic carbocycles. The van der Waals surface area contributed by atoms with Gasteiger partial charge in [0.2, 0.25) is 0 Å². The van der Waals surface area contributed by atoms with Crippen molar-refractivity contribution in [1.82, 2.24) is 14.8 Å². The molecule has 0 N–H and O–H groups in total. The number of halogens is 2. The molecule has 0 fully saturated rings. The van der Waals surface area contributed by atoms with Crippen LogP contribution in [0, 0.1) is 11.6 Å². The lowest BCUT2D eigenvalue weighted by molar-refractivity contribution is -0.117. The van der Waals surface area contributed by atoms with Gasteiger partial charge in [-0.05, 0) is 24.1 Å². The number of aryl methyl sites for hydroxylation is 1. The summed E-state index contributed by atoms with van der Waals surface area (Å²) >= 11 is 0. The van der Waals surface area contributed by atoms with Crippen molar-refractivity contribution in [1.29, 1.82) is 0 Å². The Bertz CT molecular complexity index is 590. The highest BCUT2D eigenvalue weighted by Crippen LogP contribution is 2.10. The van der Waals surface area contributed by atoms with E-state index < -0.39 is 11.6 Å². The molecule has 20 heavy (non-hydrogen) atoms. The molecule has 0 radical (unpaired) electrons. The standard InChI is InChI=1S/C14H15F2N3O/c1-2-3-19-14(17-9-18-19)8-13(20)6-10-4-11(15)7-12(16)5-10/h4-5,7,9H,2-3,6,8H2,1H3. The van der Waals surface area contributed by atoms with Crippen molar-refractivity contribution in [2.75, 3.05) is 0 Å². The number of aromatic nitrogens is 3.